The minimum atomic E-state index is 0. The van der Waals surface area contributed by atoms with Gasteiger partial charge in [-0.3, -0.25) is 4.68 Å². The number of halogens is 1. The number of benzene rings is 1. The molecule has 0 bridgehead atoms. The maximum atomic E-state index is 5.85. The molecule has 3 N–H and O–H groups in total. The molecule has 0 fully saturated rings. The normalized spacial score (nSPS) is 11.0. The van der Waals surface area contributed by atoms with Gasteiger partial charge < -0.3 is 11.1 Å². The van der Waals surface area contributed by atoms with E-state index in [1.807, 2.05) is 25.2 Å². The fourth-order valence-electron chi connectivity index (χ4n) is 1.73. The molecule has 0 amide bonds. The molecule has 1 aromatic heterocycles. The summed E-state index contributed by atoms with van der Waals surface area (Å²) in [5.74, 6) is 0.408. The summed E-state index contributed by atoms with van der Waals surface area (Å²) in [5, 5.41) is 7.16. The molecule has 108 valence electrons. The number of guanidine groups is 1. The zero-order valence-corrected chi connectivity index (χ0v) is 14.0. The van der Waals surface area contributed by atoms with E-state index in [2.05, 4.69) is 34.5 Å². The standard InChI is InChI=1S/C14H19N5.HI/c1-3-11-4-6-12(7-5-11)18-14(15)16-10-13-8-9-17-19(13)2;/h4-9H,3,10H2,1-2H3,(H3,15,16,18);1H. The van der Waals surface area contributed by atoms with E-state index in [-0.39, 0.29) is 24.0 Å². The summed E-state index contributed by atoms with van der Waals surface area (Å²) in [6.45, 7) is 2.65. The van der Waals surface area contributed by atoms with Gasteiger partial charge in [0.25, 0.3) is 0 Å². The predicted molar refractivity (Wildman–Crippen MR) is 93.4 cm³/mol. The smallest absolute Gasteiger partial charge is 0.193 e. The Morgan fingerprint density at radius 1 is 1.30 bits per heavy atom. The lowest BCUT2D eigenvalue weighted by molar-refractivity contribution is 0.712. The first-order chi connectivity index (χ1) is 9.19. The Kier molecular flexibility index (Phi) is 6.50. The molecule has 6 heteroatoms. The molecular formula is C14H20IN5. The van der Waals surface area contributed by atoms with E-state index in [0.717, 1.165) is 17.8 Å². The van der Waals surface area contributed by atoms with Crippen molar-refractivity contribution in [2.75, 3.05) is 5.32 Å². The number of hydrogen-bond donors (Lipinski definition) is 2. The van der Waals surface area contributed by atoms with Crippen LogP contribution in [0.4, 0.5) is 5.69 Å². The first-order valence-corrected chi connectivity index (χ1v) is 6.32. The molecule has 0 aliphatic heterocycles. The average Bonchev–Trinajstić information content (AvgIpc) is 2.83. The van der Waals surface area contributed by atoms with Gasteiger partial charge >= 0.3 is 0 Å². The Morgan fingerprint density at radius 3 is 2.55 bits per heavy atom. The molecule has 0 aliphatic rings. The summed E-state index contributed by atoms with van der Waals surface area (Å²) in [6, 6.07) is 10.1. The number of anilines is 1. The molecule has 2 rings (SSSR count). The Morgan fingerprint density at radius 2 is 2.00 bits per heavy atom. The van der Waals surface area contributed by atoms with E-state index in [0.29, 0.717) is 12.5 Å². The van der Waals surface area contributed by atoms with Gasteiger partial charge in [0.05, 0.1) is 12.2 Å². The number of aliphatic imine (C=N–C) groups is 1. The first-order valence-electron chi connectivity index (χ1n) is 6.32. The van der Waals surface area contributed by atoms with Gasteiger partial charge in [-0.15, -0.1) is 24.0 Å². The van der Waals surface area contributed by atoms with E-state index >= 15 is 0 Å². The van der Waals surface area contributed by atoms with Crippen LogP contribution in [0.1, 0.15) is 18.2 Å². The second-order valence-electron chi connectivity index (χ2n) is 4.32. The molecule has 0 unspecified atom stereocenters. The highest BCUT2D eigenvalue weighted by atomic mass is 127. The molecule has 0 spiro atoms. The number of aromatic nitrogens is 2. The molecule has 0 aliphatic carbocycles. The molecular weight excluding hydrogens is 365 g/mol. The summed E-state index contributed by atoms with van der Waals surface area (Å²) in [5.41, 5.74) is 9.12. The Hall–Kier alpha value is -1.57. The van der Waals surface area contributed by atoms with Crippen LogP contribution in [0.2, 0.25) is 0 Å². The van der Waals surface area contributed by atoms with Crippen LogP contribution in [0, 0.1) is 0 Å². The molecule has 5 nitrogen and oxygen atoms in total. The second kappa shape index (κ2) is 7.88. The first kappa shape index (κ1) is 16.5. The molecule has 1 aromatic carbocycles. The lowest BCUT2D eigenvalue weighted by atomic mass is 10.1. The lowest BCUT2D eigenvalue weighted by Crippen LogP contribution is -2.22. The van der Waals surface area contributed by atoms with Gasteiger partial charge in [-0.25, -0.2) is 4.99 Å². The second-order valence-corrected chi connectivity index (χ2v) is 4.32. The highest BCUT2D eigenvalue weighted by Crippen LogP contribution is 2.09. The number of hydrogen-bond acceptors (Lipinski definition) is 2. The zero-order chi connectivity index (χ0) is 13.7. The third-order valence-electron chi connectivity index (χ3n) is 2.97. The molecule has 0 atom stereocenters. The largest absolute Gasteiger partial charge is 0.370 e. The van der Waals surface area contributed by atoms with Crippen molar-refractivity contribution in [2.24, 2.45) is 17.8 Å². The third-order valence-corrected chi connectivity index (χ3v) is 2.97. The molecule has 2 aromatic rings. The van der Waals surface area contributed by atoms with Gasteiger partial charge in [-0.1, -0.05) is 19.1 Å². The number of nitrogens with zero attached hydrogens (tertiary/aromatic N) is 3. The Labute approximate surface area is 136 Å². The minimum absolute atomic E-state index is 0. The van der Waals surface area contributed by atoms with Crippen LogP contribution in [0.15, 0.2) is 41.5 Å². The fraction of sp³-hybridized carbons (Fsp3) is 0.286. The molecule has 0 saturated carbocycles. The zero-order valence-electron chi connectivity index (χ0n) is 11.7. The third kappa shape index (κ3) is 4.52. The topological polar surface area (TPSA) is 68.2 Å². The van der Waals surface area contributed by atoms with Crippen LogP contribution in [-0.2, 0) is 20.0 Å². The predicted octanol–water partition coefficient (Wildman–Crippen LogP) is 2.53. The molecule has 0 radical (unpaired) electrons. The maximum absolute atomic E-state index is 5.85. The van der Waals surface area contributed by atoms with Gasteiger partial charge in [0, 0.05) is 18.9 Å². The van der Waals surface area contributed by atoms with E-state index < -0.39 is 0 Å². The van der Waals surface area contributed by atoms with Crippen molar-refractivity contribution >= 4 is 35.6 Å². The summed E-state index contributed by atoms with van der Waals surface area (Å²) < 4.78 is 1.78. The van der Waals surface area contributed by atoms with Crippen molar-refractivity contribution < 1.29 is 0 Å². The van der Waals surface area contributed by atoms with E-state index in [9.17, 15) is 0 Å². The summed E-state index contributed by atoms with van der Waals surface area (Å²) in [7, 11) is 1.89. The number of nitrogens with one attached hydrogen (secondary N) is 1. The van der Waals surface area contributed by atoms with Crippen molar-refractivity contribution in [1.29, 1.82) is 0 Å². The van der Waals surface area contributed by atoms with Crippen molar-refractivity contribution in [3.63, 3.8) is 0 Å². The van der Waals surface area contributed by atoms with Gasteiger partial charge in [-0.2, -0.15) is 5.10 Å². The van der Waals surface area contributed by atoms with Gasteiger partial charge in [0.2, 0.25) is 0 Å². The molecule has 0 saturated heterocycles. The Balaban J connectivity index is 0.00000200. The van der Waals surface area contributed by atoms with Crippen LogP contribution in [-0.4, -0.2) is 15.7 Å². The van der Waals surface area contributed by atoms with Crippen LogP contribution < -0.4 is 11.1 Å². The van der Waals surface area contributed by atoms with Crippen LogP contribution >= 0.6 is 24.0 Å². The summed E-state index contributed by atoms with van der Waals surface area (Å²) in [6.07, 6.45) is 2.78. The number of aryl methyl sites for hydroxylation is 2. The Bertz CT molecular complexity index is 559. The number of rotatable bonds is 4. The van der Waals surface area contributed by atoms with Crippen LogP contribution in [0.5, 0.6) is 0 Å². The fourth-order valence-corrected chi connectivity index (χ4v) is 1.73. The van der Waals surface area contributed by atoms with E-state index in [1.165, 1.54) is 5.56 Å². The SMILES string of the molecule is CCc1ccc(NC(N)=NCc2ccnn2C)cc1.I. The summed E-state index contributed by atoms with van der Waals surface area (Å²) >= 11 is 0. The van der Waals surface area contributed by atoms with Crippen molar-refractivity contribution in [2.45, 2.75) is 19.9 Å². The van der Waals surface area contributed by atoms with E-state index in [1.54, 1.807) is 10.9 Å². The van der Waals surface area contributed by atoms with Gasteiger partial charge in [0.15, 0.2) is 5.96 Å². The van der Waals surface area contributed by atoms with Crippen molar-refractivity contribution in [3.8, 4) is 0 Å². The lowest BCUT2D eigenvalue weighted by Gasteiger charge is -2.06. The minimum Gasteiger partial charge on any atom is -0.370 e. The average molecular weight is 385 g/mol. The highest BCUT2D eigenvalue weighted by molar-refractivity contribution is 14.0. The summed E-state index contributed by atoms with van der Waals surface area (Å²) in [4.78, 5) is 4.29. The van der Waals surface area contributed by atoms with Gasteiger partial charge in [0.1, 0.15) is 0 Å². The van der Waals surface area contributed by atoms with Crippen molar-refractivity contribution in [3.05, 3.63) is 47.8 Å². The van der Waals surface area contributed by atoms with Crippen molar-refractivity contribution in [1.82, 2.24) is 9.78 Å². The molecule has 1 heterocycles. The van der Waals surface area contributed by atoms with E-state index in [4.69, 9.17) is 5.73 Å². The maximum Gasteiger partial charge on any atom is 0.193 e. The monoisotopic (exact) mass is 385 g/mol. The van der Waals surface area contributed by atoms with Crippen LogP contribution in [0.3, 0.4) is 0 Å². The molecule has 20 heavy (non-hydrogen) atoms. The van der Waals surface area contributed by atoms with Crippen LogP contribution in [0.25, 0.3) is 0 Å². The quantitative estimate of drug-likeness (QED) is 0.483. The highest BCUT2D eigenvalue weighted by Gasteiger charge is 1.98. The van der Waals surface area contributed by atoms with Gasteiger partial charge in [-0.05, 0) is 30.2 Å². The number of nitrogens with two attached hydrogens (primary N) is 1.